The molecule has 0 aliphatic heterocycles. The molecule has 2 unspecified atom stereocenters. The van der Waals surface area contributed by atoms with E-state index in [2.05, 4.69) is 5.32 Å². The molecule has 0 aliphatic carbocycles. The lowest BCUT2D eigenvalue weighted by molar-refractivity contribution is -0.141. The van der Waals surface area contributed by atoms with Gasteiger partial charge in [-0.1, -0.05) is 13.0 Å². The summed E-state index contributed by atoms with van der Waals surface area (Å²) in [5.41, 5.74) is 0.842. The van der Waals surface area contributed by atoms with Crippen LogP contribution in [0.25, 0.3) is 0 Å². The third-order valence-electron chi connectivity index (χ3n) is 3.89. The van der Waals surface area contributed by atoms with E-state index in [1.165, 1.54) is 4.90 Å². The van der Waals surface area contributed by atoms with Crippen LogP contribution in [-0.4, -0.2) is 63.0 Å². The van der Waals surface area contributed by atoms with Crippen molar-refractivity contribution in [3.8, 4) is 11.5 Å². The van der Waals surface area contributed by atoms with E-state index in [1.807, 2.05) is 13.0 Å². The molecule has 1 rings (SSSR count). The van der Waals surface area contributed by atoms with Crippen LogP contribution in [0.1, 0.15) is 25.5 Å². The smallest absolute Gasteiger partial charge is 0.317 e. The van der Waals surface area contributed by atoms with Gasteiger partial charge in [-0.3, -0.25) is 4.79 Å². The Labute approximate surface area is 154 Å². The Morgan fingerprint density at radius 3 is 2.46 bits per heavy atom. The molecule has 0 radical (unpaired) electrons. The average Bonchev–Trinajstić information content (AvgIpc) is 2.61. The van der Waals surface area contributed by atoms with E-state index in [1.54, 1.807) is 40.3 Å². The fraction of sp³-hybridized carbons (Fsp3) is 0.556. The SMILES string of the molecule is COCCOc1ccc(C(C)NC(=O)N(C)CC(C)C(=O)O)cc1OC. The zero-order valence-corrected chi connectivity index (χ0v) is 15.9. The van der Waals surface area contributed by atoms with Crippen molar-refractivity contribution in [3.05, 3.63) is 23.8 Å². The van der Waals surface area contributed by atoms with Crippen LogP contribution in [0.2, 0.25) is 0 Å². The lowest BCUT2D eigenvalue weighted by Gasteiger charge is -2.23. The number of hydrogen-bond donors (Lipinski definition) is 2. The Bertz CT molecular complexity index is 607. The molecule has 8 heteroatoms. The Hall–Kier alpha value is -2.48. The Morgan fingerprint density at radius 1 is 1.19 bits per heavy atom. The molecule has 2 N–H and O–H groups in total. The predicted molar refractivity (Wildman–Crippen MR) is 96.7 cm³/mol. The molecule has 1 aromatic carbocycles. The summed E-state index contributed by atoms with van der Waals surface area (Å²) in [6.07, 6.45) is 0. The molecule has 1 aromatic rings. The number of hydrogen-bond acceptors (Lipinski definition) is 5. The fourth-order valence-corrected chi connectivity index (χ4v) is 2.26. The number of ether oxygens (including phenoxy) is 3. The third-order valence-corrected chi connectivity index (χ3v) is 3.89. The van der Waals surface area contributed by atoms with Gasteiger partial charge in [0.1, 0.15) is 6.61 Å². The van der Waals surface area contributed by atoms with Gasteiger partial charge in [-0.15, -0.1) is 0 Å². The standard InChI is InChI=1S/C18H28N2O6/c1-12(17(21)22)11-20(3)18(23)19-13(2)14-6-7-15(16(10-14)25-5)26-9-8-24-4/h6-7,10,12-13H,8-9,11H2,1-5H3,(H,19,23)(H,21,22). The third kappa shape index (κ3) is 6.44. The molecular formula is C18H28N2O6. The lowest BCUT2D eigenvalue weighted by atomic mass is 10.1. The van der Waals surface area contributed by atoms with Crippen LogP contribution < -0.4 is 14.8 Å². The minimum atomic E-state index is -0.938. The molecule has 0 bridgehead atoms. The first-order valence-corrected chi connectivity index (χ1v) is 8.34. The molecule has 0 saturated carbocycles. The first-order chi connectivity index (χ1) is 12.3. The van der Waals surface area contributed by atoms with Crippen molar-refractivity contribution in [3.63, 3.8) is 0 Å². The van der Waals surface area contributed by atoms with Gasteiger partial charge in [0.2, 0.25) is 0 Å². The minimum absolute atomic E-state index is 0.128. The van der Waals surface area contributed by atoms with Crippen molar-refractivity contribution in [1.82, 2.24) is 10.2 Å². The molecule has 8 nitrogen and oxygen atoms in total. The number of urea groups is 1. The second kappa shape index (κ2) is 10.5. The molecule has 0 saturated heterocycles. The zero-order valence-electron chi connectivity index (χ0n) is 15.9. The van der Waals surface area contributed by atoms with Crippen molar-refractivity contribution in [2.24, 2.45) is 5.92 Å². The van der Waals surface area contributed by atoms with Gasteiger partial charge in [0.15, 0.2) is 11.5 Å². The van der Waals surface area contributed by atoms with Gasteiger partial charge < -0.3 is 29.5 Å². The van der Waals surface area contributed by atoms with E-state index in [4.69, 9.17) is 19.3 Å². The minimum Gasteiger partial charge on any atom is -0.493 e. The van der Waals surface area contributed by atoms with Crippen molar-refractivity contribution < 1.29 is 28.9 Å². The Balaban J connectivity index is 2.72. The molecule has 0 aliphatic rings. The molecule has 26 heavy (non-hydrogen) atoms. The van der Waals surface area contributed by atoms with E-state index >= 15 is 0 Å². The Morgan fingerprint density at radius 2 is 1.88 bits per heavy atom. The highest BCUT2D eigenvalue weighted by Crippen LogP contribution is 2.30. The van der Waals surface area contributed by atoms with Crippen molar-refractivity contribution in [1.29, 1.82) is 0 Å². The van der Waals surface area contributed by atoms with Gasteiger partial charge in [0, 0.05) is 20.7 Å². The van der Waals surface area contributed by atoms with Crippen LogP contribution in [0, 0.1) is 5.92 Å². The molecule has 0 spiro atoms. The van der Waals surface area contributed by atoms with E-state index in [0.717, 1.165) is 5.56 Å². The van der Waals surface area contributed by atoms with Gasteiger partial charge in [0.25, 0.3) is 0 Å². The van der Waals surface area contributed by atoms with Gasteiger partial charge in [-0.2, -0.15) is 0 Å². The number of carbonyl (C=O) groups is 2. The quantitative estimate of drug-likeness (QED) is 0.614. The van der Waals surface area contributed by atoms with E-state index in [0.29, 0.717) is 24.7 Å². The zero-order chi connectivity index (χ0) is 19.7. The number of nitrogens with zero attached hydrogens (tertiary/aromatic N) is 1. The number of benzene rings is 1. The number of carboxylic acids is 1. The maximum Gasteiger partial charge on any atom is 0.317 e. The molecule has 2 atom stereocenters. The highest BCUT2D eigenvalue weighted by atomic mass is 16.5. The predicted octanol–water partition coefficient (Wildman–Crippen LogP) is 2.14. The molecule has 0 fully saturated rings. The van der Waals surface area contributed by atoms with Crippen molar-refractivity contribution >= 4 is 12.0 Å². The number of carbonyl (C=O) groups excluding carboxylic acids is 1. The molecule has 2 amide bonds. The second-order valence-electron chi connectivity index (χ2n) is 6.04. The van der Waals surface area contributed by atoms with E-state index in [9.17, 15) is 9.59 Å². The van der Waals surface area contributed by atoms with Gasteiger partial charge >= 0.3 is 12.0 Å². The monoisotopic (exact) mass is 368 g/mol. The number of methoxy groups -OCH3 is 2. The summed E-state index contributed by atoms with van der Waals surface area (Å²) in [6.45, 7) is 4.41. The number of carboxylic acid groups (broad SMARTS) is 1. The number of aliphatic carboxylic acids is 1. The summed E-state index contributed by atoms with van der Waals surface area (Å²) in [4.78, 5) is 24.5. The van der Waals surface area contributed by atoms with Crippen molar-refractivity contribution in [2.45, 2.75) is 19.9 Å². The molecule has 0 heterocycles. The number of rotatable bonds is 10. The van der Waals surface area contributed by atoms with Crippen LogP contribution in [0.5, 0.6) is 11.5 Å². The summed E-state index contributed by atoms with van der Waals surface area (Å²) in [6, 6.07) is 4.79. The van der Waals surface area contributed by atoms with Crippen molar-refractivity contribution in [2.75, 3.05) is 41.0 Å². The summed E-state index contributed by atoms with van der Waals surface area (Å²) in [7, 11) is 4.71. The number of nitrogens with one attached hydrogen (secondary N) is 1. The highest BCUT2D eigenvalue weighted by molar-refractivity contribution is 5.76. The van der Waals surface area contributed by atoms with E-state index < -0.39 is 11.9 Å². The van der Waals surface area contributed by atoms with Gasteiger partial charge in [0.05, 0.1) is 25.7 Å². The Kier molecular flexibility index (Phi) is 8.71. The summed E-state index contributed by atoms with van der Waals surface area (Å²) < 4.78 is 15.9. The molecular weight excluding hydrogens is 340 g/mol. The van der Waals surface area contributed by atoms with Crippen LogP contribution >= 0.6 is 0 Å². The van der Waals surface area contributed by atoms with E-state index in [-0.39, 0.29) is 18.6 Å². The van der Waals surface area contributed by atoms with Crippen LogP contribution in [0.15, 0.2) is 18.2 Å². The maximum absolute atomic E-state index is 12.2. The largest absolute Gasteiger partial charge is 0.493 e. The van der Waals surface area contributed by atoms with Gasteiger partial charge in [-0.05, 0) is 24.6 Å². The fourth-order valence-electron chi connectivity index (χ4n) is 2.26. The summed E-state index contributed by atoms with van der Waals surface area (Å²) >= 11 is 0. The van der Waals surface area contributed by atoms with Crippen LogP contribution in [0.4, 0.5) is 4.79 Å². The lowest BCUT2D eigenvalue weighted by Crippen LogP contribution is -2.41. The average molecular weight is 368 g/mol. The topological polar surface area (TPSA) is 97.3 Å². The van der Waals surface area contributed by atoms with Crippen LogP contribution in [0.3, 0.4) is 0 Å². The molecule has 146 valence electrons. The number of amides is 2. The van der Waals surface area contributed by atoms with Gasteiger partial charge in [-0.25, -0.2) is 4.79 Å². The normalized spacial score (nSPS) is 12.8. The molecule has 0 aromatic heterocycles. The summed E-state index contributed by atoms with van der Waals surface area (Å²) in [5.74, 6) is -0.414. The summed E-state index contributed by atoms with van der Waals surface area (Å²) in [5, 5.41) is 11.8. The highest BCUT2D eigenvalue weighted by Gasteiger charge is 2.19. The maximum atomic E-state index is 12.2. The first-order valence-electron chi connectivity index (χ1n) is 8.34. The second-order valence-corrected chi connectivity index (χ2v) is 6.04. The van der Waals surface area contributed by atoms with Crippen LogP contribution in [-0.2, 0) is 9.53 Å². The first kappa shape index (κ1) is 21.6.